The topological polar surface area (TPSA) is 195 Å². The van der Waals surface area contributed by atoms with Gasteiger partial charge in [0.2, 0.25) is 5.91 Å². The third-order valence-corrected chi connectivity index (χ3v) is 5.30. The molecule has 1 rings (SSSR count). The van der Waals surface area contributed by atoms with Crippen LogP contribution in [0.3, 0.4) is 0 Å². The molecule has 0 fully saturated rings. The van der Waals surface area contributed by atoms with E-state index in [1.807, 2.05) is 0 Å². The second-order valence-electron chi connectivity index (χ2n) is 8.52. The summed E-state index contributed by atoms with van der Waals surface area (Å²) < 4.78 is 26.8. The highest BCUT2D eigenvalue weighted by atomic mass is 31.2. The Morgan fingerprint density at radius 1 is 1.21 bits per heavy atom. The van der Waals surface area contributed by atoms with E-state index in [2.05, 4.69) is 5.32 Å². The number of carbonyl (C=O) groups is 3. The molecular weight excluding hydrogens is 471 g/mol. The lowest BCUT2D eigenvalue weighted by atomic mass is 9.97. The lowest BCUT2D eigenvalue weighted by molar-refractivity contribution is -0.153. The summed E-state index contributed by atoms with van der Waals surface area (Å²) in [6.07, 6.45) is 0.495. The molecule has 0 aliphatic rings. The number of phenolic OH excluding ortho intramolecular Hbond substituents is 1. The molecule has 0 saturated carbocycles. The first-order valence-electron chi connectivity index (χ1n) is 10.6. The molecule has 0 aliphatic heterocycles. The Labute approximate surface area is 198 Å². The number of esters is 1. The number of amides is 1. The van der Waals surface area contributed by atoms with Crippen molar-refractivity contribution in [3.63, 3.8) is 0 Å². The van der Waals surface area contributed by atoms with Gasteiger partial charge in [0, 0.05) is 19.4 Å². The van der Waals surface area contributed by atoms with Crippen molar-refractivity contribution in [2.75, 3.05) is 19.8 Å². The lowest BCUT2D eigenvalue weighted by Gasteiger charge is -2.17. The summed E-state index contributed by atoms with van der Waals surface area (Å²) >= 11 is 0. The number of carboxylic acids is 1. The zero-order valence-electron chi connectivity index (χ0n) is 19.5. The molecule has 12 nitrogen and oxygen atoms in total. The third kappa shape index (κ3) is 11.5. The van der Waals surface area contributed by atoms with E-state index in [1.54, 1.807) is 20.8 Å². The number of aliphatic carboxylic acids is 1. The Bertz CT molecular complexity index is 900. The zero-order valence-corrected chi connectivity index (χ0v) is 20.4. The summed E-state index contributed by atoms with van der Waals surface area (Å²) in [6, 6.07) is 3.03. The molecule has 0 aliphatic carbocycles. The van der Waals surface area contributed by atoms with Crippen molar-refractivity contribution >= 4 is 25.7 Å². The number of nitrogens with one attached hydrogen (secondary N) is 1. The molecular formula is C21H33N2O10P. The van der Waals surface area contributed by atoms with Crippen LogP contribution in [-0.2, 0) is 34.6 Å². The zero-order chi connectivity index (χ0) is 25.9. The molecule has 34 heavy (non-hydrogen) atoms. The fraction of sp³-hybridized carbons (Fsp3) is 0.571. The lowest BCUT2D eigenvalue weighted by Crippen LogP contribution is -2.33. The number of hydrogen-bond donors (Lipinski definition) is 5. The van der Waals surface area contributed by atoms with Gasteiger partial charge in [-0.05, 0) is 51.3 Å². The molecule has 0 saturated heterocycles. The number of ether oxygens (including phenoxy) is 1. The van der Waals surface area contributed by atoms with E-state index in [0.29, 0.717) is 12.0 Å². The number of carbonyl (C=O) groups excluding carboxylic acids is 2. The number of aromatic hydroxyl groups is 1. The maximum absolute atomic E-state index is 12.1. The van der Waals surface area contributed by atoms with E-state index in [4.69, 9.17) is 24.6 Å². The van der Waals surface area contributed by atoms with Gasteiger partial charge in [0.05, 0.1) is 18.6 Å². The van der Waals surface area contributed by atoms with Crippen molar-refractivity contribution in [2.45, 2.75) is 52.5 Å². The second-order valence-corrected chi connectivity index (χ2v) is 9.90. The number of phosphoric ester groups is 1. The first-order valence-corrected chi connectivity index (χ1v) is 12.1. The number of phenols is 1. The van der Waals surface area contributed by atoms with Crippen LogP contribution in [0.1, 0.15) is 45.6 Å². The highest BCUT2D eigenvalue weighted by Crippen LogP contribution is 2.46. The number of carboxylic acid groups (broad SMARTS) is 1. The quantitative estimate of drug-likeness (QED) is 0.141. The van der Waals surface area contributed by atoms with Crippen LogP contribution in [0.15, 0.2) is 18.2 Å². The fourth-order valence-electron chi connectivity index (χ4n) is 2.41. The molecule has 0 radical (unpaired) electrons. The number of nitrogens with two attached hydrogens (primary N) is 1. The normalized spacial score (nSPS) is 14.0. The Morgan fingerprint density at radius 2 is 1.88 bits per heavy atom. The van der Waals surface area contributed by atoms with Crippen molar-refractivity contribution < 1.29 is 47.8 Å². The van der Waals surface area contributed by atoms with Crippen LogP contribution in [0, 0.1) is 5.41 Å². The summed E-state index contributed by atoms with van der Waals surface area (Å²) in [5, 5.41) is 21.4. The molecule has 1 unspecified atom stereocenters. The molecule has 1 amide bonds. The van der Waals surface area contributed by atoms with Crippen LogP contribution in [0.4, 0.5) is 0 Å². The minimum Gasteiger partial charge on any atom is -0.504 e. The van der Waals surface area contributed by atoms with Crippen LogP contribution in [-0.4, -0.2) is 58.8 Å². The number of hydrogen-bond acceptors (Lipinski definition) is 9. The SMILES string of the molecule is CC(C)(C)C(=O)OCCCOP(=O)(O)Oc1ccc(CCNC(=O)CC[C@H](N)C(=O)O)cc1O. The Morgan fingerprint density at radius 3 is 2.47 bits per heavy atom. The predicted octanol–water partition coefficient (Wildman–Crippen LogP) is 1.72. The molecule has 6 N–H and O–H groups in total. The highest BCUT2D eigenvalue weighted by Gasteiger charge is 2.25. The number of phosphoric acid groups is 1. The maximum Gasteiger partial charge on any atom is 0.527 e. The summed E-state index contributed by atoms with van der Waals surface area (Å²) in [5.41, 5.74) is 5.30. The van der Waals surface area contributed by atoms with Crippen molar-refractivity contribution in [3.05, 3.63) is 23.8 Å². The first kappa shape index (κ1) is 29.4. The van der Waals surface area contributed by atoms with Gasteiger partial charge in [-0.3, -0.25) is 23.8 Å². The molecule has 192 valence electrons. The summed E-state index contributed by atoms with van der Waals surface area (Å²) in [4.78, 5) is 43.8. The summed E-state index contributed by atoms with van der Waals surface area (Å²) in [5.74, 6) is -2.59. The Balaban J connectivity index is 2.42. The van der Waals surface area contributed by atoms with Crippen molar-refractivity contribution in [1.29, 1.82) is 0 Å². The van der Waals surface area contributed by atoms with Crippen LogP contribution < -0.4 is 15.6 Å². The minimum atomic E-state index is -4.52. The van der Waals surface area contributed by atoms with Gasteiger partial charge in [0.25, 0.3) is 0 Å². The largest absolute Gasteiger partial charge is 0.527 e. The van der Waals surface area contributed by atoms with Gasteiger partial charge in [0.1, 0.15) is 6.04 Å². The van der Waals surface area contributed by atoms with E-state index in [-0.39, 0.29) is 50.7 Å². The average molecular weight is 504 g/mol. The van der Waals surface area contributed by atoms with Crippen LogP contribution in [0.5, 0.6) is 11.5 Å². The molecule has 13 heteroatoms. The molecule has 2 atom stereocenters. The summed E-state index contributed by atoms with van der Waals surface area (Å²) in [7, 11) is -4.52. The molecule has 0 heterocycles. The number of rotatable bonds is 14. The van der Waals surface area contributed by atoms with Crippen LogP contribution in [0.25, 0.3) is 0 Å². The van der Waals surface area contributed by atoms with E-state index < -0.39 is 37.0 Å². The third-order valence-electron chi connectivity index (χ3n) is 4.36. The smallest absolute Gasteiger partial charge is 0.504 e. The van der Waals surface area contributed by atoms with E-state index in [0.717, 1.165) is 0 Å². The summed E-state index contributed by atoms with van der Waals surface area (Å²) in [6.45, 7) is 5.15. The molecule has 0 spiro atoms. The van der Waals surface area contributed by atoms with Gasteiger partial charge in [-0.25, -0.2) is 4.57 Å². The molecule has 1 aromatic carbocycles. The van der Waals surface area contributed by atoms with Gasteiger partial charge in [-0.1, -0.05) is 6.07 Å². The molecule has 0 bridgehead atoms. The first-order chi connectivity index (χ1) is 15.7. The van der Waals surface area contributed by atoms with E-state index in [9.17, 15) is 28.9 Å². The van der Waals surface area contributed by atoms with Gasteiger partial charge in [-0.2, -0.15) is 0 Å². The van der Waals surface area contributed by atoms with Gasteiger partial charge in [-0.15, -0.1) is 0 Å². The van der Waals surface area contributed by atoms with Crippen LogP contribution in [0.2, 0.25) is 0 Å². The monoisotopic (exact) mass is 504 g/mol. The Hall–Kier alpha value is -2.66. The van der Waals surface area contributed by atoms with E-state index in [1.165, 1.54) is 18.2 Å². The standard InChI is InChI=1S/C21H33N2O10P/c1-21(2,3)20(28)31-11-4-12-32-34(29,30)33-17-7-5-14(13-16(17)24)9-10-23-18(25)8-6-15(22)19(26)27/h5,7,13,15,24H,4,6,8-12,22H2,1-3H3,(H,23,25)(H,26,27)(H,29,30)/t15-/m0/s1. The fourth-order valence-corrected chi connectivity index (χ4v) is 3.23. The highest BCUT2D eigenvalue weighted by molar-refractivity contribution is 7.47. The Kier molecular flexibility index (Phi) is 11.5. The van der Waals surface area contributed by atoms with Crippen molar-refractivity contribution in [3.8, 4) is 11.5 Å². The average Bonchev–Trinajstić information content (AvgIpc) is 2.72. The maximum atomic E-state index is 12.1. The predicted molar refractivity (Wildman–Crippen MR) is 121 cm³/mol. The molecule has 0 aromatic heterocycles. The van der Waals surface area contributed by atoms with Crippen LogP contribution >= 0.6 is 7.82 Å². The van der Waals surface area contributed by atoms with Crippen molar-refractivity contribution in [1.82, 2.24) is 5.32 Å². The van der Waals surface area contributed by atoms with Crippen molar-refractivity contribution in [2.24, 2.45) is 11.1 Å². The second kappa shape index (κ2) is 13.3. The molecule has 1 aromatic rings. The van der Waals surface area contributed by atoms with E-state index >= 15 is 0 Å². The minimum absolute atomic E-state index is 0.0128. The number of benzene rings is 1. The van der Waals surface area contributed by atoms with Gasteiger partial charge >= 0.3 is 19.8 Å². The van der Waals surface area contributed by atoms with Gasteiger partial charge in [0.15, 0.2) is 11.5 Å². The van der Waals surface area contributed by atoms with Gasteiger partial charge < -0.3 is 30.5 Å².